The van der Waals surface area contributed by atoms with E-state index in [-0.39, 0.29) is 18.1 Å². The molecule has 1 fully saturated rings. The van der Waals surface area contributed by atoms with Crippen molar-refractivity contribution in [1.29, 1.82) is 0 Å². The molecule has 0 N–H and O–H groups in total. The SMILES string of the molecule is CC1CN(C(=O)Cc2cccc3ccccc23)CC(C)O1. The predicted octanol–water partition coefficient (Wildman–Crippen LogP) is 3.02. The molecule has 2 atom stereocenters. The molecule has 0 radical (unpaired) electrons. The highest BCUT2D eigenvalue weighted by Crippen LogP contribution is 2.20. The molecule has 3 heteroatoms. The molecule has 3 nitrogen and oxygen atoms in total. The maximum Gasteiger partial charge on any atom is 0.227 e. The van der Waals surface area contributed by atoms with Crippen LogP contribution in [0.5, 0.6) is 0 Å². The van der Waals surface area contributed by atoms with E-state index in [1.54, 1.807) is 0 Å². The highest BCUT2D eigenvalue weighted by atomic mass is 16.5. The van der Waals surface area contributed by atoms with Crippen molar-refractivity contribution in [2.45, 2.75) is 32.5 Å². The molecule has 2 aromatic rings. The number of hydrogen-bond acceptors (Lipinski definition) is 2. The smallest absolute Gasteiger partial charge is 0.227 e. The van der Waals surface area contributed by atoms with Crippen LogP contribution in [0.25, 0.3) is 10.8 Å². The number of fused-ring (bicyclic) bond motifs is 1. The van der Waals surface area contributed by atoms with Crippen LogP contribution in [0.15, 0.2) is 42.5 Å². The Hall–Kier alpha value is -1.87. The van der Waals surface area contributed by atoms with Gasteiger partial charge in [-0.05, 0) is 30.2 Å². The zero-order chi connectivity index (χ0) is 14.8. The lowest BCUT2D eigenvalue weighted by Crippen LogP contribution is -2.48. The van der Waals surface area contributed by atoms with Crippen molar-refractivity contribution >= 4 is 16.7 Å². The van der Waals surface area contributed by atoms with E-state index < -0.39 is 0 Å². The van der Waals surface area contributed by atoms with Crippen LogP contribution in [0, 0.1) is 0 Å². The zero-order valence-corrected chi connectivity index (χ0v) is 12.6. The number of hydrogen-bond donors (Lipinski definition) is 0. The number of benzene rings is 2. The van der Waals surface area contributed by atoms with Gasteiger partial charge in [0.1, 0.15) is 0 Å². The standard InChI is InChI=1S/C18H21NO2/c1-13-11-19(12-14(2)21-13)18(20)10-16-8-5-7-15-6-3-4-9-17(15)16/h3-9,13-14H,10-12H2,1-2H3. The summed E-state index contributed by atoms with van der Waals surface area (Å²) in [5.41, 5.74) is 1.10. The van der Waals surface area contributed by atoms with Gasteiger partial charge in [-0.1, -0.05) is 42.5 Å². The van der Waals surface area contributed by atoms with E-state index in [0.717, 1.165) is 5.56 Å². The molecule has 0 aliphatic carbocycles. The number of ether oxygens (including phenoxy) is 1. The maximum atomic E-state index is 12.6. The van der Waals surface area contributed by atoms with E-state index in [1.807, 2.05) is 43.0 Å². The van der Waals surface area contributed by atoms with E-state index in [1.165, 1.54) is 10.8 Å². The molecule has 1 aliphatic rings. The normalized spacial score (nSPS) is 22.5. The summed E-state index contributed by atoms with van der Waals surface area (Å²) in [5, 5.41) is 2.36. The Morgan fingerprint density at radius 3 is 2.52 bits per heavy atom. The second-order valence-electron chi connectivity index (χ2n) is 5.87. The third-order valence-corrected chi connectivity index (χ3v) is 3.99. The van der Waals surface area contributed by atoms with Gasteiger partial charge < -0.3 is 9.64 Å². The summed E-state index contributed by atoms with van der Waals surface area (Å²) >= 11 is 0. The molecule has 1 amide bonds. The Morgan fingerprint density at radius 1 is 1.10 bits per heavy atom. The van der Waals surface area contributed by atoms with Gasteiger partial charge in [0.25, 0.3) is 0 Å². The third kappa shape index (κ3) is 3.08. The summed E-state index contributed by atoms with van der Waals surface area (Å²) in [6.45, 7) is 5.42. The lowest BCUT2D eigenvalue weighted by molar-refractivity contribution is -0.142. The number of nitrogens with zero attached hydrogens (tertiary/aromatic N) is 1. The van der Waals surface area contributed by atoms with Crippen LogP contribution >= 0.6 is 0 Å². The lowest BCUT2D eigenvalue weighted by Gasteiger charge is -2.35. The first-order valence-electron chi connectivity index (χ1n) is 7.53. The Bertz CT molecular complexity index is 637. The zero-order valence-electron chi connectivity index (χ0n) is 12.6. The molecule has 1 saturated heterocycles. The molecule has 0 spiro atoms. The van der Waals surface area contributed by atoms with Gasteiger partial charge in [-0.25, -0.2) is 0 Å². The Labute approximate surface area is 125 Å². The third-order valence-electron chi connectivity index (χ3n) is 3.99. The van der Waals surface area contributed by atoms with E-state index in [0.29, 0.717) is 19.5 Å². The van der Waals surface area contributed by atoms with Crippen LogP contribution in [0.2, 0.25) is 0 Å². The predicted molar refractivity (Wildman–Crippen MR) is 84.2 cm³/mol. The maximum absolute atomic E-state index is 12.6. The highest BCUT2D eigenvalue weighted by Gasteiger charge is 2.25. The minimum absolute atomic E-state index is 0.116. The van der Waals surface area contributed by atoms with E-state index in [9.17, 15) is 4.79 Å². The molecule has 0 saturated carbocycles. The van der Waals surface area contributed by atoms with Crippen molar-refractivity contribution in [3.63, 3.8) is 0 Å². The van der Waals surface area contributed by atoms with E-state index >= 15 is 0 Å². The fourth-order valence-electron chi connectivity index (χ4n) is 3.10. The largest absolute Gasteiger partial charge is 0.372 e. The quantitative estimate of drug-likeness (QED) is 0.848. The first-order valence-corrected chi connectivity index (χ1v) is 7.53. The van der Waals surface area contributed by atoms with Crippen LogP contribution in [0.4, 0.5) is 0 Å². The summed E-state index contributed by atoms with van der Waals surface area (Å²) < 4.78 is 5.69. The van der Waals surface area contributed by atoms with Gasteiger partial charge in [0.2, 0.25) is 5.91 Å². The number of carbonyl (C=O) groups excluding carboxylic acids is 1. The average molecular weight is 283 g/mol. The summed E-state index contributed by atoms with van der Waals surface area (Å²) in [4.78, 5) is 14.5. The molecule has 0 bridgehead atoms. The highest BCUT2D eigenvalue weighted by molar-refractivity contribution is 5.90. The first-order chi connectivity index (χ1) is 10.1. The first kappa shape index (κ1) is 14.1. The molecule has 21 heavy (non-hydrogen) atoms. The topological polar surface area (TPSA) is 29.5 Å². The number of morpholine rings is 1. The average Bonchev–Trinajstić information content (AvgIpc) is 2.46. The molecule has 2 aromatic carbocycles. The Morgan fingerprint density at radius 2 is 1.76 bits per heavy atom. The van der Waals surface area contributed by atoms with E-state index in [2.05, 4.69) is 18.2 Å². The second-order valence-corrected chi connectivity index (χ2v) is 5.87. The fraction of sp³-hybridized carbons (Fsp3) is 0.389. The van der Waals surface area contributed by atoms with Gasteiger partial charge in [0, 0.05) is 13.1 Å². The fourth-order valence-corrected chi connectivity index (χ4v) is 3.10. The Balaban J connectivity index is 1.80. The van der Waals surface area contributed by atoms with Crippen molar-refractivity contribution in [3.05, 3.63) is 48.0 Å². The molecule has 1 heterocycles. The van der Waals surface area contributed by atoms with Crippen LogP contribution < -0.4 is 0 Å². The van der Waals surface area contributed by atoms with Crippen molar-refractivity contribution in [2.24, 2.45) is 0 Å². The molecule has 0 aromatic heterocycles. The molecule has 2 unspecified atom stereocenters. The monoisotopic (exact) mass is 283 g/mol. The van der Waals surface area contributed by atoms with E-state index in [4.69, 9.17) is 4.74 Å². The number of amides is 1. The van der Waals surface area contributed by atoms with Crippen LogP contribution in [-0.4, -0.2) is 36.1 Å². The summed E-state index contributed by atoms with van der Waals surface area (Å²) in [6.07, 6.45) is 0.691. The van der Waals surface area contributed by atoms with Crippen LogP contribution in [0.1, 0.15) is 19.4 Å². The molecule has 1 aliphatic heterocycles. The van der Waals surface area contributed by atoms with Gasteiger partial charge in [-0.2, -0.15) is 0 Å². The van der Waals surface area contributed by atoms with Crippen molar-refractivity contribution < 1.29 is 9.53 Å². The summed E-state index contributed by atoms with van der Waals surface area (Å²) in [7, 11) is 0. The van der Waals surface area contributed by atoms with Crippen LogP contribution in [0.3, 0.4) is 0 Å². The lowest BCUT2D eigenvalue weighted by atomic mass is 10.0. The minimum Gasteiger partial charge on any atom is -0.372 e. The molecular weight excluding hydrogens is 262 g/mol. The van der Waals surface area contributed by atoms with Gasteiger partial charge in [0.15, 0.2) is 0 Å². The molecular formula is C18H21NO2. The van der Waals surface area contributed by atoms with Gasteiger partial charge in [-0.3, -0.25) is 4.79 Å². The number of carbonyl (C=O) groups is 1. The van der Waals surface area contributed by atoms with Crippen molar-refractivity contribution in [1.82, 2.24) is 4.90 Å². The number of rotatable bonds is 2. The van der Waals surface area contributed by atoms with Gasteiger partial charge >= 0.3 is 0 Å². The van der Waals surface area contributed by atoms with Gasteiger partial charge in [0.05, 0.1) is 18.6 Å². The molecule has 3 rings (SSSR count). The van der Waals surface area contributed by atoms with Crippen molar-refractivity contribution in [2.75, 3.05) is 13.1 Å². The molecule has 110 valence electrons. The second kappa shape index (κ2) is 5.86. The van der Waals surface area contributed by atoms with Gasteiger partial charge in [-0.15, -0.1) is 0 Å². The van der Waals surface area contributed by atoms with Crippen LogP contribution in [-0.2, 0) is 16.0 Å². The summed E-state index contributed by atoms with van der Waals surface area (Å²) in [6, 6.07) is 14.4. The van der Waals surface area contributed by atoms with Crippen molar-refractivity contribution in [3.8, 4) is 0 Å². The Kier molecular flexibility index (Phi) is 3.93. The summed E-state index contributed by atoms with van der Waals surface area (Å²) in [5.74, 6) is 0.188. The minimum atomic E-state index is 0.116.